The van der Waals surface area contributed by atoms with Gasteiger partial charge in [-0.15, -0.1) is 0 Å². The highest BCUT2D eigenvalue weighted by atomic mass is 16.6. The van der Waals surface area contributed by atoms with Crippen molar-refractivity contribution in [1.82, 2.24) is 19.7 Å². The van der Waals surface area contributed by atoms with E-state index in [1.165, 1.54) is 11.2 Å². The number of Topliss-reactive ketones (excluding diaryl/α,β-unsaturated/α-hetero) is 1. The van der Waals surface area contributed by atoms with Crippen LogP contribution in [0.25, 0.3) is 0 Å². The molecule has 1 atom stereocenters. The lowest BCUT2D eigenvalue weighted by atomic mass is 10.1. The minimum Gasteiger partial charge on any atom is -0.444 e. The van der Waals surface area contributed by atoms with Crippen molar-refractivity contribution in [2.24, 2.45) is 0 Å². The number of amides is 1. The van der Waals surface area contributed by atoms with Gasteiger partial charge in [0.2, 0.25) is 0 Å². The molecule has 0 aromatic carbocycles. The molecule has 23 heavy (non-hydrogen) atoms. The molecule has 0 spiro atoms. The number of hydrogen-bond acceptors (Lipinski definition) is 6. The van der Waals surface area contributed by atoms with Gasteiger partial charge < -0.3 is 9.47 Å². The molecule has 0 saturated carbocycles. The SMILES string of the molecule is CCn1ncnc1CC(=O)C1COCCN1C(=O)OC(C)(C)C. The Bertz CT molecular complexity index is 564. The molecule has 0 N–H and O–H groups in total. The Morgan fingerprint density at radius 1 is 1.43 bits per heavy atom. The molecule has 0 radical (unpaired) electrons. The number of aromatic nitrogens is 3. The van der Waals surface area contributed by atoms with E-state index in [1.54, 1.807) is 25.5 Å². The highest BCUT2D eigenvalue weighted by molar-refractivity contribution is 5.89. The van der Waals surface area contributed by atoms with Crippen LogP contribution in [-0.4, -0.2) is 62.9 Å². The molecule has 2 heterocycles. The van der Waals surface area contributed by atoms with Crippen LogP contribution in [-0.2, 0) is 27.2 Å². The monoisotopic (exact) mass is 324 g/mol. The molecule has 1 aromatic rings. The van der Waals surface area contributed by atoms with Crippen molar-refractivity contribution in [3.05, 3.63) is 12.2 Å². The van der Waals surface area contributed by atoms with Crippen molar-refractivity contribution < 1.29 is 19.1 Å². The van der Waals surface area contributed by atoms with Crippen LogP contribution in [0.2, 0.25) is 0 Å². The van der Waals surface area contributed by atoms with Gasteiger partial charge in [0.15, 0.2) is 5.78 Å². The molecular weight excluding hydrogens is 300 g/mol. The van der Waals surface area contributed by atoms with Gasteiger partial charge in [-0.25, -0.2) is 14.5 Å². The fourth-order valence-electron chi connectivity index (χ4n) is 2.37. The number of carbonyl (C=O) groups is 2. The Morgan fingerprint density at radius 3 is 2.83 bits per heavy atom. The summed E-state index contributed by atoms with van der Waals surface area (Å²) in [5, 5.41) is 4.05. The third-order valence-electron chi connectivity index (χ3n) is 3.46. The van der Waals surface area contributed by atoms with Gasteiger partial charge in [0.05, 0.1) is 19.6 Å². The number of carbonyl (C=O) groups excluding carboxylic acids is 2. The van der Waals surface area contributed by atoms with Crippen molar-refractivity contribution in [1.29, 1.82) is 0 Å². The number of nitrogens with zero attached hydrogens (tertiary/aromatic N) is 4. The van der Waals surface area contributed by atoms with E-state index in [2.05, 4.69) is 10.1 Å². The molecule has 8 heteroatoms. The van der Waals surface area contributed by atoms with Crippen molar-refractivity contribution in [3.8, 4) is 0 Å². The summed E-state index contributed by atoms with van der Waals surface area (Å²) in [6.07, 6.45) is 1.05. The summed E-state index contributed by atoms with van der Waals surface area (Å²) in [6.45, 7) is 8.88. The normalized spacial score (nSPS) is 18.8. The molecule has 1 aliphatic rings. The van der Waals surface area contributed by atoms with E-state index >= 15 is 0 Å². The van der Waals surface area contributed by atoms with E-state index in [1.807, 2.05) is 6.92 Å². The zero-order valence-corrected chi connectivity index (χ0v) is 14.1. The zero-order chi connectivity index (χ0) is 17.0. The number of ether oxygens (including phenoxy) is 2. The average Bonchev–Trinajstić information content (AvgIpc) is 2.92. The average molecular weight is 324 g/mol. The predicted molar refractivity (Wildman–Crippen MR) is 82.0 cm³/mol. The Balaban J connectivity index is 2.08. The first kappa shape index (κ1) is 17.4. The standard InChI is InChI=1S/C15H24N4O4/c1-5-19-13(16-10-17-19)8-12(20)11-9-22-7-6-18(11)14(21)23-15(2,3)4/h10-11H,5-9H2,1-4H3. The molecule has 128 valence electrons. The van der Waals surface area contributed by atoms with Crippen molar-refractivity contribution in [2.45, 2.75) is 52.3 Å². The Labute approximate surface area is 135 Å². The summed E-state index contributed by atoms with van der Waals surface area (Å²) in [6, 6.07) is -0.652. The smallest absolute Gasteiger partial charge is 0.411 e. The van der Waals surface area contributed by atoms with E-state index in [0.29, 0.717) is 25.5 Å². The minimum absolute atomic E-state index is 0.112. The van der Waals surface area contributed by atoms with E-state index in [-0.39, 0.29) is 18.8 Å². The van der Waals surface area contributed by atoms with Crippen molar-refractivity contribution in [2.75, 3.05) is 19.8 Å². The zero-order valence-electron chi connectivity index (χ0n) is 14.1. The first-order valence-corrected chi connectivity index (χ1v) is 7.78. The second-order valence-corrected chi connectivity index (χ2v) is 6.40. The lowest BCUT2D eigenvalue weighted by molar-refractivity contribution is -0.129. The summed E-state index contributed by atoms with van der Waals surface area (Å²) in [4.78, 5) is 30.5. The maximum absolute atomic E-state index is 12.6. The van der Waals surface area contributed by atoms with Crippen molar-refractivity contribution in [3.63, 3.8) is 0 Å². The van der Waals surface area contributed by atoms with Gasteiger partial charge in [-0.1, -0.05) is 0 Å². The van der Waals surface area contributed by atoms with Crippen LogP contribution >= 0.6 is 0 Å². The van der Waals surface area contributed by atoms with Crippen LogP contribution in [0.15, 0.2) is 6.33 Å². The summed E-state index contributed by atoms with van der Waals surface area (Å²) >= 11 is 0. The molecule has 1 amide bonds. The Morgan fingerprint density at radius 2 is 2.17 bits per heavy atom. The van der Waals surface area contributed by atoms with Gasteiger partial charge in [0, 0.05) is 13.1 Å². The molecule has 0 aliphatic carbocycles. The minimum atomic E-state index is -0.652. The van der Waals surface area contributed by atoms with Gasteiger partial charge in [0.25, 0.3) is 0 Å². The Hall–Kier alpha value is -1.96. The largest absolute Gasteiger partial charge is 0.444 e. The quantitative estimate of drug-likeness (QED) is 0.822. The Kier molecular flexibility index (Phi) is 5.35. The summed E-state index contributed by atoms with van der Waals surface area (Å²) in [5.74, 6) is 0.463. The topological polar surface area (TPSA) is 86.6 Å². The summed E-state index contributed by atoms with van der Waals surface area (Å²) < 4.78 is 12.4. The van der Waals surface area contributed by atoms with Crippen molar-refractivity contribution >= 4 is 11.9 Å². The van der Waals surface area contributed by atoms with E-state index < -0.39 is 17.7 Å². The molecule has 1 aliphatic heterocycles. The predicted octanol–water partition coefficient (Wildman–Crippen LogP) is 1.05. The van der Waals surface area contributed by atoms with Gasteiger partial charge >= 0.3 is 6.09 Å². The molecule has 0 bridgehead atoms. The van der Waals surface area contributed by atoms with Gasteiger partial charge in [-0.05, 0) is 27.7 Å². The van der Waals surface area contributed by atoms with E-state index in [4.69, 9.17) is 9.47 Å². The molecule has 2 rings (SSSR count). The first-order chi connectivity index (χ1) is 10.8. The molecular formula is C15H24N4O4. The van der Waals surface area contributed by atoms with Gasteiger partial charge in [-0.3, -0.25) is 9.69 Å². The molecule has 1 aromatic heterocycles. The van der Waals surface area contributed by atoms with Gasteiger partial charge in [0.1, 0.15) is 23.8 Å². The van der Waals surface area contributed by atoms with Crippen LogP contribution in [0.3, 0.4) is 0 Å². The molecule has 1 saturated heterocycles. The fourth-order valence-corrected chi connectivity index (χ4v) is 2.37. The maximum Gasteiger partial charge on any atom is 0.411 e. The van der Waals surface area contributed by atoms with Crippen LogP contribution in [0.4, 0.5) is 4.79 Å². The second kappa shape index (κ2) is 7.08. The van der Waals surface area contributed by atoms with Gasteiger partial charge in [-0.2, -0.15) is 5.10 Å². The molecule has 1 fully saturated rings. The molecule has 8 nitrogen and oxygen atoms in total. The highest BCUT2D eigenvalue weighted by Gasteiger charge is 2.35. The van der Waals surface area contributed by atoms with E-state index in [9.17, 15) is 9.59 Å². The lowest BCUT2D eigenvalue weighted by Gasteiger charge is -2.35. The number of morpholine rings is 1. The summed E-state index contributed by atoms with van der Waals surface area (Å²) in [5.41, 5.74) is -0.606. The fraction of sp³-hybridized carbons (Fsp3) is 0.733. The second-order valence-electron chi connectivity index (χ2n) is 6.40. The third kappa shape index (κ3) is 4.51. The number of rotatable bonds is 4. The lowest BCUT2D eigenvalue weighted by Crippen LogP contribution is -2.54. The number of ketones is 1. The third-order valence-corrected chi connectivity index (χ3v) is 3.46. The summed E-state index contributed by atoms with van der Waals surface area (Å²) in [7, 11) is 0. The van der Waals surface area contributed by atoms with Crippen LogP contribution in [0.5, 0.6) is 0 Å². The van der Waals surface area contributed by atoms with Crippen LogP contribution in [0, 0.1) is 0 Å². The van der Waals surface area contributed by atoms with Crippen LogP contribution in [0.1, 0.15) is 33.5 Å². The number of hydrogen-bond donors (Lipinski definition) is 0. The number of aryl methyl sites for hydroxylation is 1. The molecule has 1 unspecified atom stereocenters. The maximum atomic E-state index is 12.6. The highest BCUT2D eigenvalue weighted by Crippen LogP contribution is 2.16. The van der Waals surface area contributed by atoms with E-state index in [0.717, 1.165) is 0 Å². The van der Waals surface area contributed by atoms with Crippen LogP contribution < -0.4 is 0 Å². The first-order valence-electron chi connectivity index (χ1n) is 7.78.